The van der Waals surface area contributed by atoms with Gasteiger partial charge in [0.05, 0.1) is 36.9 Å². The van der Waals surface area contributed by atoms with E-state index in [0.29, 0.717) is 31.3 Å². The number of aliphatic hydroxyl groups excluding tert-OH is 7. The first-order chi connectivity index (χ1) is 17.3. The van der Waals surface area contributed by atoms with Crippen LogP contribution in [0.15, 0.2) is 12.2 Å². The van der Waals surface area contributed by atoms with Crippen LogP contribution in [0.4, 0.5) is 0 Å². The van der Waals surface area contributed by atoms with Gasteiger partial charge in [-0.25, -0.2) is 0 Å². The Bertz CT molecular complexity index is 957. The van der Waals surface area contributed by atoms with Gasteiger partial charge in [0.25, 0.3) is 0 Å². The van der Waals surface area contributed by atoms with Crippen LogP contribution in [-0.2, 0) is 14.2 Å². The molecule has 11 nitrogen and oxygen atoms in total. The second-order valence-electron chi connectivity index (χ2n) is 13.0. The standard InChI is InChI=1S/C26H40O11/c1-10-11-4-5-13-24-9-35-26(34,25(13,19(10)31)20(11)32)21(33)18(24)23(2,3)7-6-14(24)37-22-17(30)16(29)15(28)12(8-27)36-22/h11-22,27-34H,1,4-9H2,2-3H3/t11-,12+,13-,14-,15+,16-,17+,18+,19?,20+,21-,22-,24+,25-,26+/m0/s1. The fourth-order valence-corrected chi connectivity index (χ4v) is 9.67. The van der Waals surface area contributed by atoms with E-state index in [1.807, 2.05) is 13.8 Å². The summed E-state index contributed by atoms with van der Waals surface area (Å²) in [6, 6.07) is 0. The maximum Gasteiger partial charge on any atom is 0.203 e. The van der Waals surface area contributed by atoms with E-state index in [-0.39, 0.29) is 6.61 Å². The van der Waals surface area contributed by atoms with Crippen LogP contribution in [0, 0.1) is 34.0 Å². The van der Waals surface area contributed by atoms with E-state index in [9.17, 15) is 40.9 Å². The highest BCUT2D eigenvalue weighted by Crippen LogP contribution is 2.77. The highest BCUT2D eigenvalue weighted by molar-refractivity contribution is 5.38. The first-order valence-electron chi connectivity index (χ1n) is 13.4. The molecule has 7 fully saturated rings. The maximum atomic E-state index is 12.0. The highest BCUT2D eigenvalue weighted by atomic mass is 16.7. The molecule has 0 aromatic carbocycles. The minimum absolute atomic E-state index is 0.0141. The van der Waals surface area contributed by atoms with Gasteiger partial charge in [-0.15, -0.1) is 0 Å². The van der Waals surface area contributed by atoms with Gasteiger partial charge in [-0.1, -0.05) is 20.4 Å². The Morgan fingerprint density at radius 3 is 2.35 bits per heavy atom. The predicted molar refractivity (Wildman–Crippen MR) is 124 cm³/mol. The molecule has 15 atom stereocenters. The van der Waals surface area contributed by atoms with Gasteiger partial charge in [0.15, 0.2) is 6.29 Å². The summed E-state index contributed by atoms with van der Waals surface area (Å²) in [5, 5.41) is 87.9. The predicted octanol–water partition coefficient (Wildman–Crippen LogP) is -2.01. The zero-order valence-corrected chi connectivity index (χ0v) is 21.2. The molecule has 1 unspecified atom stereocenters. The third-order valence-corrected chi connectivity index (χ3v) is 11.2. The SMILES string of the molecule is C=C1C(O)[C@]23[C@H](O)[C@H]1CC[C@H]2[C@@]12CO[C@]3(O)[C@@H](O)[C@@H]1C(C)(C)CC[C@@H]2O[C@@H]1O[C@H](CO)[C@@H](O)[C@H](O)[C@H]1O. The molecule has 2 spiro atoms. The molecule has 210 valence electrons. The topological polar surface area (TPSA) is 190 Å². The zero-order chi connectivity index (χ0) is 26.9. The molecule has 4 saturated carbocycles. The average molecular weight is 529 g/mol. The van der Waals surface area contributed by atoms with Crippen molar-refractivity contribution < 1.29 is 55.1 Å². The van der Waals surface area contributed by atoms with Gasteiger partial charge in [-0.2, -0.15) is 0 Å². The third kappa shape index (κ3) is 2.89. The van der Waals surface area contributed by atoms with Crippen LogP contribution in [0.5, 0.6) is 0 Å². The lowest BCUT2D eigenvalue weighted by Gasteiger charge is -2.76. The summed E-state index contributed by atoms with van der Waals surface area (Å²) >= 11 is 0. The Labute approximate surface area is 215 Å². The van der Waals surface area contributed by atoms with Crippen LogP contribution in [0.1, 0.15) is 39.5 Å². The number of hydrogen-bond donors (Lipinski definition) is 8. The molecule has 8 N–H and O–H groups in total. The molecule has 3 saturated heterocycles. The molecule has 4 aliphatic carbocycles. The Morgan fingerprint density at radius 2 is 1.68 bits per heavy atom. The van der Waals surface area contributed by atoms with Gasteiger partial charge < -0.3 is 55.1 Å². The summed E-state index contributed by atoms with van der Waals surface area (Å²) in [5.74, 6) is -3.73. The van der Waals surface area contributed by atoms with Gasteiger partial charge in [-0.3, -0.25) is 0 Å². The highest BCUT2D eigenvalue weighted by Gasteiger charge is 2.86. The summed E-state index contributed by atoms with van der Waals surface area (Å²) in [7, 11) is 0. The van der Waals surface area contributed by atoms with E-state index in [1.54, 1.807) is 0 Å². The minimum Gasteiger partial charge on any atom is -0.394 e. The van der Waals surface area contributed by atoms with E-state index < -0.39 is 102 Å². The van der Waals surface area contributed by atoms with Crippen LogP contribution in [0.2, 0.25) is 0 Å². The molecule has 3 aliphatic heterocycles. The van der Waals surface area contributed by atoms with Crippen molar-refractivity contribution in [3.05, 3.63) is 12.2 Å². The van der Waals surface area contributed by atoms with Gasteiger partial charge in [-0.05, 0) is 42.6 Å². The molecule has 0 amide bonds. The summed E-state index contributed by atoms with van der Waals surface area (Å²) in [6.07, 6.45) is -9.86. The second-order valence-corrected chi connectivity index (χ2v) is 13.0. The second kappa shape index (κ2) is 8.17. The normalized spacial score (nSPS) is 60.2. The molecular weight excluding hydrogens is 488 g/mol. The Morgan fingerprint density at radius 1 is 0.973 bits per heavy atom. The molecule has 7 rings (SSSR count). The number of hydrogen-bond acceptors (Lipinski definition) is 11. The lowest BCUT2D eigenvalue weighted by molar-refractivity contribution is -0.482. The fraction of sp³-hybridized carbons (Fsp3) is 0.923. The maximum absolute atomic E-state index is 12.0. The van der Waals surface area contributed by atoms with E-state index in [0.717, 1.165) is 0 Å². The van der Waals surface area contributed by atoms with Crippen LogP contribution in [0.25, 0.3) is 0 Å². The minimum atomic E-state index is -2.21. The first-order valence-corrected chi connectivity index (χ1v) is 13.4. The molecule has 37 heavy (non-hydrogen) atoms. The number of rotatable bonds is 3. The molecule has 11 heteroatoms. The van der Waals surface area contributed by atoms with Gasteiger partial charge >= 0.3 is 0 Å². The van der Waals surface area contributed by atoms with Crippen molar-refractivity contribution in [2.45, 2.75) is 100 Å². The summed E-state index contributed by atoms with van der Waals surface area (Å²) in [6.45, 7) is 7.43. The number of aliphatic hydroxyl groups is 8. The lowest BCUT2D eigenvalue weighted by atomic mass is 9.35. The monoisotopic (exact) mass is 528 g/mol. The van der Waals surface area contributed by atoms with Crippen molar-refractivity contribution in [1.29, 1.82) is 0 Å². The van der Waals surface area contributed by atoms with Crippen molar-refractivity contribution in [3.8, 4) is 0 Å². The Balaban J connectivity index is 1.47. The van der Waals surface area contributed by atoms with Crippen LogP contribution in [0.3, 0.4) is 0 Å². The third-order valence-electron chi connectivity index (χ3n) is 11.2. The van der Waals surface area contributed by atoms with Gasteiger partial charge in [0.1, 0.15) is 30.5 Å². The summed E-state index contributed by atoms with van der Waals surface area (Å²) in [5.41, 5.74) is -2.68. The number of ether oxygens (including phenoxy) is 3. The molecule has 0 aromatic rings. The van der Waals surface area contributed by atoms with Crippen LogP contribution in [-0.4, -0.2) is 115 Å². The van der Waals surface area contributed by atoms with E-state index in [4.69, 9.17) is 14.2 Å². The smallest absolute Gasteiger partial charge is 0.203 e. The lowest BCUT2D eigenvalue weighted by Crippen LogP contribution is -2.86. The molecule has 0 radical (unpaired) electrons. The van der Waals surface area contributed by atoms with Crippen molar-refractivity contribution >= 4 is 0 Å². The van der Waals surface area contributed by atoms with Crippen molar-refractivity contribution in [3.63, 3.8) is 0 Å². The molecular formula is C26H40O11. The summed E-state index contributed by atoms with van der Waals surface area (Å²) in [4.78, 5) is 0. The largest absolute Gasteiger partial charge is 0.394 e. The van der Waals surface area contributed by atoms with Crippen molar-refractivity contribution in [1.82, 2.24) is 0 Å². The Hall–Kier alpha value is -0.700. The summed E-state index contributed by atoms with van der Waals surface area (Å²) < 4.78 is 18.1. The van der Waals surface area contributed by atoms with E-state index >= 15 is 0 Å². The zero-order valence-electron chi connectivity index (χ0n) is 21.2. The van der Waals surface area contributed by atoms with Crippen molar-refractivity contribution in [2.75, 3.05) is 13.2 Å². The number of fused-ring (bicyclic) bond motifs is 2. The molecule has 4 bridgehead atoms. The average Bonchev–Trinajstić information content (AvgIpc) is 2.95. The first kappa shape index (κ1) is 26.5. The molecule has 7 aliphatic rings. The van der Waals surface area contributed by atoms with E-state index in [1.165, 1.54) is 0 Å². The fourth-order valence-electron chi connectivity index (χ4n) is 9.67. The molecule has 3 heterocycles. The van der Waals surface area contributed by atoms with Gasteiger partial charge in [0, 0.05) is 17.3 Å². The van der Waals surface area contributed by atoms with Crippen LogP contribution < -0.4 is 0 Å². The molecule has 0 aromatic heterocycles. The quantitative estimate of drug-likeness (QED) is 0.189. The van der Waals surface area contributed by atoms with Crippen molar-refractivity contribution in [2.24, 2.45) is 34.0 Å². The van der Waals surface area contributed by atoms with Gasteiger partial charge in [0.2, 0.25) is 5.79 Å². The van der Waals surface area contributed by atoms with Crippen LogP contribution >= 0.6 is 0 Å². The van der Waals surface area contributed by atoms with E-state index in [2.05, 4.69) is 6.58 Å². The Kier molecular flexibility index (Phi) is 5.86.